The van der Waals surface area contributed by atoms with Gasteiger partial charge in [0.05, 0.1) is 13.2 Å². The predicted molar refractivity (Wildman–Crippen MR) is 69.7 cm³/mol. The minimum atomic E-state index is -0.849. The van der Waals surface area contributed by atoms with Gasteiger partial charge < -0.3 is 14.6 Å². The second kappa shape index (κ2) is 7.11. The third-order valence-electron chi connectivity index (χ3n) is 2.32. The molecule has 1 aromatic carbocycles. The van der Waals surface area contributed by atoms with E-state index < -0.39 is 5.97 Å². The fourth-order valence-electron chi connectivity index (χ4n) is 1.55. The van der Waals surface area contributed by atoms with Crippen LogP contribution >= 0.6 is 11.6 Å². The van der Waals surface area contributed by atoms with E-state index in [1.54, 1.807) is 12.1 Å². The normalized spacial score (nSPS) is 10.2. The number of ether oxygens (including phenoxy) is 2. The summed E-state index contributed by atoms with van der Waals surface area (Å²) >= 11 is 6.09. The average molecular weight is 273 g/mol. The maximum Gasteiger partial charge on any atom is 0.303 e. The Bertz CT molecular complexity index is 418. The summed E-state index contributed by atoms with van der Waals surface area (Å²) in [5.74, 6) is 0.338. The summed E-state index contributed by atoms with van der Waals surface area (Å²) in [5, 5.41) is 9.18. The molecule has 0 atom stereocenters. The summed E-state index contributed by atoms with van der Waals surface area (Å²) in [6.45, 7) is 4.79. The summed E-state index contributed by atoms with van der Waals surface area (Å²) in [4.78, 5) is 10.6. The highest BCUT2D eigenvalue weighted by molar-refractivity contribution is 6.31. The van der Waals surface area contributed by atoms with Gasteiger partial charge in [0.2, 0.25) is 0 Å². The highest BCUT2D eigenvalue weighted by Gasteiger charge is 2.11. The summed E-state index contributed by atoms with van der Waals surface area (Å²) in [6.07, 6.45) is 0.417. The number of aryl methyl sites for hydroxylation is 1. The van der Waals surface area contributed by atoms with Crippen LogP contribution in [0.4, 0.5) is 0 Å². The van der Waals surface area contributed by atoms with Gasteiger partial charge in [-0.3, -0.25) is 4.79 Å². The van der Waals surface area contributed by atoms with Gasteiger partial charge in [-0.25, -0.2) is 0 Å². The van der Waals surface area contributed by atoms with Crippen LogP contribution in [-0.4, -0.2) is 24.3 Å². The molecule has 4 nitrogen and oxygen atoms in total. The monoisotopic (exact) mass is 272 g/mol. The lowest BCUT2D eigenvalue weighted by molar-refractivity contribution is -0.136. The molecule has 1 rings (SSSR count). The van der Waals surface area contributed by atoms with Gasteiger partial charge in [0.1, 0.15) is 0 Å². The van der Waals surface area contributed by atoms with Crippen molar-refractivity contribution in [1.29, 1.82) is 0 Å². The standard InChI is InChI=1S/C13H17ClO4/c1-3-17-11-7-9(5-6-13(15)16)10(14)8-12(11)18-4-2/h7-8H,3-6H2,1-2H3,(H,15,16). The number of benzene rings is 1. The number of carboxylic acid groups (broad SMARTS) is 1. The molecule has 0 spiro atoms. The number of carbonyl (C=O) groups is 1. The van der Waals surface area contributed by atoms with Crippen molar-refractivity contribution in [1.82, 2.24) is 0 Å². The van der Waals surface area contributed by atoms with Gasteiger partial charge in [0.25, 0.3) is 0 Å². The van der Waals surface area contributed by atoms with Gasteiger partial charge in [-0.05, 0) is 31.9 Å². The number of halogens is 1. The molecular weight excluding hydrogens is 256 g/mol. The smallest absolute Gasteiger partial charge is 0.303 e. The third kappa shape index (κ3) is 4.11. The van der Waals surface area contributed by atoms with Crippen molar-refractivity contribution in [3.8, 4) is 11.5 Å². The molecule has 0 amide bonds. The molecule has 0 fully saturated rings. The van der Waals surface area contributed by atoms with Crippen molar-refractivity contribution in [3.05, 3.63) is 22.7 Å². The first-order chi connectivity index (χ1) is 8.58. The van der Waals surface area contributed by atoms with Gasteiger partial charge >= 0.3 is 5.97 Å². The molecule has 0 aliphatic heterocycles. The van der Waals surface area contributed by atoms with Gasteiger partial charge in [0, 0.05) is 17.5 Å². The van der Waals surface area contributed by atoms with Crippen LogP contribution in [0.3, 0.4) is 0 Å². The van der Waals surface area contributed by atoms with Crippen molar-refractivity contribution in [2.24, 2.45) is 0 Å². The molecule has 0 radical (unpaired) electrons. The van der Waals surface area contributed by atoms with Crippen LogP contribution in [0, 0.1) is 0 Å². The zero-order valence-electron chi connectivity index (χ0n) is 10.5. The molecule has 0 heterocycles. The Morgan fingerprint density at radius 2 is 1.78 bits per heavy atom. The van der Waals surface area contributed by atoms with E-state index in [0.717, 1.165) is 5.56 Å². The number of aliphatic carboxylic acids is 1. The highest BCUT2D eigenvalue weighted by Crippen LogP contribution is 2.34. The summed E-state index contributed by atoms with van der Waals surface area (Å²) < 4.78 is 10.9. The molecule has 0 saturated carbocycles. The Kier molecular flexibility index (Phi) is 5.78. The van der Waals surface area contributed by atoms with E-state index in [1.807, 2.05) is 13.8 Å². The van der Waals surface area contributed by atoms with E-state index >= 15 is 0 Å². The fraction of sp³-hybridized carbons (Fsp3) is 0.462. The first-order valence-electron chi connectivity index (χ1n) is 5.88. The van der Waals surface area contributed by atoms with Crippen LogP contribution in [0.15, 0.2) is 12.1 Å². The predicted octanol–water partition coefficient (Wildman–Crippen LogP) is 3.15. The van der Waals surface area contributed by atoms with Crippen LogP contribution in [-0.2, 0) is 11.2 Å². The fourth-order valence-corrected chi connectivity index (χ4v) is 1.80. The number of rotatable bonds is 7. The Balaban J connectivity index is 2.97. The van der Waals surface area contributed by atoms with Crippen LogP contribution in [0.25, 0.3) is 0 Å². The molecule has 100 valence electrons. The molecule has 0 saturated heterocycles. The lowest BCUT2D eigenvalue weighted by Gasteiger charge is -2.13. The Labute approximate surface area is 111 Å². The minimum Gasteiger partial charge on any atom is -0.490 e. The summed E-state index contributed by atoms with van der Waals surface area (Å²) in [6, 6.07) is 3.42. The topological polar surface area (TPSA) is 55.8 Å². The van der Waals surface area contributed by atoms with Crippen LogP contribution < -0.4 is 9.47 Å². The second-order valence-corrected chi connectivity index (χ2v) is 4.06. The van der Waals surface area contributed by atoms with Crippen molar-refractivity contribution >= 4 is 17.6 Å². The molecule has 0 bridgehead atoms. The molecule has 1 aromatic rings. The van der Waals surface area contributed by atoms with E-state index in [9.17, 15) is 4.79 Å². The quantitative estimate of drug-likeness (QED) is 0.828. The first kappa shape index (κ1) is 14.6. The van der Waals surface area contributed by atoms with Crippen molar-refractivity contribution < 1.29 is 19.4 Å². The Morgan fingerprint density at radius 1 is 1.22 bits per heavy atom. The molecule has 0 aliphatic rings. The van der Waals surface area contributed by atoms with E-state index in [1.165, 1.54) is 0 Å². The van der Waals surface area contributed by atoms with Crippen molar-refractivity contribution in [2.45, 2.75) is 26.7 Å². The zero-order valence-corrected chi connectivity index (χ0v) is 11.3. The summed E-state index contributed by atoms with van der Waals surface area (Å²) in [7, 11) is 0. The number of carboxylic acids is 1. The lowest BCUT2D eigenvalue weighted by atomic mass is 10.1. The molecule has 0 aliphatic carbocycles. The maximum absolute atomic E-state index is 10.6. The molecule has 0 unspecified atom stereocenters. The third-order valence-corrected chi connectivity index (χ3v) is 2.67. The number of hydrogen-bond acceptors (Lipinski definition) is 3. The van der Waals surface area contributed by atoms with E-state index in [0.29, 0.717) is 36.2 Å². The highest BCUT2D eigenvalue weighted by atomic mass is 35.5. The molecule has 5 heteroatoms. The molecule has 0 aromatic heterocycles. The van der Waals surface area contributed by atoms with E-state index in [4.69, 9.17) is 26.2 Å². The summed E-state index contributed by atoms with van der Waals surface area (Å²) in [5.41, 5.74) is 0.756. The maximum atomic E-state index is 10.6. The average Bonchev–Trinajstić information content (AvgIpc) is 2.31. The molecule has 1 N–H and O–H groups in total. The Hall–Kier alpha value is -1.42. The first-order valence-corrected chi connectivity index (χ1v) is 6.26. The van der Waals surface area contributed by atoms with Gasteiger partial charge in [-0.15, -0.1) is 0 Å². The van der Waals surface area contributed by atoms with Gasteiger partial charge in [-0.2, -0.15) is 0 Å². The minimum absolute atomic E-state index is 0.0409. The molecular formula is C13H17ClO4. The Morgan fingerprint density at radius 3 is 2.28 bits per heavy atom. The van der Waals surface area contributed by atoms with Crippen LogP contribution in [0.1, 0.15) is 25.8 Å². The van der Waals surface area contributed by atoms with E-state index in [-0.39, 0.29) is 6.42 Å². The van der Waals surface area contributed by atoms with Crippen molar-refractivity contribution in [2.75, 3.05) is 13.2 Å². The lowest BCUT2D eigenvalue weighted by Crippen LogP contribution is -2.02. The van der Waals surface area contributed by atoms with E-state index in [2.05, 4.69) is 0 Å². The second-order valence-electron chi connectivity index (χ2n) is 3.65. The number of hydrogen-bond donors (Lipinski definition) is 1. The largest absolute Gasteiger partial charge is 0.490 e. The molecule has 18 heavy (non-hydrogen) atoms. The van der Waals surface area contributed by atoms with Crippen LogP contribution in [0.2, 0.25) is 5.02 Å². The van der Waals surface area contributed by atoms with Gasteiger partial charge in [-0.1, -0.05) is 11.6 Å². The SMILES string of the molecule is CCOc1cc(Cl)c(CCC(=O)O)cc1OCC. The van der Waals surface area contributed by atoms with Gasteiger partial charge in [0.15, 0.2) is 11.5 Å². The van der Waals surface area contributed by atoms with Crippen molar-refractivity contribution in [3.63, 3.8) is 0 Å². The van der Waals surface area contributed by atoms with Crippen LogP contribution in [0.5, 0.6) is 11.5 Å². The zero-order chi connectivity index (χ0) is 13.5.